The topological polar surface area (TPSA) is 46.6 Å². The average Bonchev–Trinajstić information content (AvgIpc) is 2.68. The minimum absolute atomic E-state index is 0.0377. The van der Waals surface area contributed by atoms with Gasteiger partial charge in [-0.1, -0.05) is 24.3 Å². The van der Waals surface area contributed by atoms with Crippen molar-refractivity contribution in [1.29, 1.82) is 0 Å². The van der Waals surface area contributed by atoms with Gasteiger partial charge in [-0.15, -0.1) is 0 Å². The van der Waals surface area contributed by atoms with Gasteiger partial charge in [0.1, 0.15) is 11.6 Å². The van der Waals surface area contributed by atoms with Crippen LogP contribution in [0.15, 0.2) is 77.7 Å². The molecule has 0 saturated heterocycles. The van der Waals surface area contributed by atoms with E-state index in [1.807, 2.05) is 44.2 Å². The van der Waals surface area contributed by atoms with Gasteiger partial charge >= 0.3 is 0 Å². The van der Waals surface area contributed by atoms with Crippen LogP contribution in [-0.4, -0.2) is 15.5 Å². The maximum Gasteiger partial charge on any atom is 0.264 e. The van der Waals surface area contributed by atoms with Gasteiger partial charge in [0.05, 0.1) is 23.7 Å². The summed E-state index contributed by atoms with van der Waals surface area (Å²) in [6, 6.07) is 19.0. The smallest absolute Gasteiger partial charge is 0.264 e. The molecule has 0 aliphatic carbocycles. The van der Waals surface area contributed by atoms with Crippen LogP contribution in [0, 0.1) is 12.7 Å². The highest BCUT2D eigenvalue weighted by Crippen LogP contribution is 2.34. The molecular weight excluding hydrogens is 377 g/mol. The van der Waals surface area contributed by atoms with Gasteiger partial charge in [0.15, 0.2) is 0 Å². The Morgan fingerprint density at radius 3 is 2.18 bits per heavy atom. The van der Waals surface area contributed by atoms with Crippen LogP contribution in [0.4, 0.5) is 10.1 Å². The number of sulfonamides is 1. The van der Waals surface area contributed by atoms with Crippen LogP contribution >= 0.6 is 0 Å². The van der Waals surface area contributed by atoms with E-state index in [9.17, 15) is 12.8 Å². The van der Waals surface area contributed by atoms with Crippen molar-refractivity contribution in [2.75, 3.05) is 11.4 Å². The second kappa shape index (κ2) is 8.02. The molecule has 0 bridgehead atoms. The number of rotatable bonds is 6. The Hall–Kier alpha value is -2.86. The molecule has 0 radical (unpaired) electrons. The molecule has 3 aromatic carbocycles. The summed E-state index contributed by atoms with van der Waals surface area (Å²) in [5, 5.41) is 0. The van der Waals surface area contributed by atoms with Gasteiger partial charge < -0.3 is 4.74 Å². The summed E-state index contributed by atoms with van der Waals surface area (Å²) in [6.45, 7) is 3.73. The van der Waals surface area contributed by atoms with E-state index < -0.39 is 21.9 Å². The summed E-state index contributed by atoms with van der Waals surface area (Å²) in [6.07, 6.45) is 0. The molecule has 1 unspecified atom stereocenters. The van der Waals surface area contributed by atoms with E-state index >= 15 is 0 Å². The summed E-state index contributed by atoms with van der Waals surface area (Å²) in [4.78, 5) is 0.0377. The summed E-state index contributed by atoms with van der Waals surface area (Å²) in [7, 11) is -2.34. The fraction of sp³-hybridized carbons (Fsp3) is 0.182. The second-order valence-electron chi connectivity index (χ2n) is 6.54. The Bertz CT molecular complexity index is 1050. The largest absolute Gasteiger partial charge is 0.497 e. The third kappa shape index (κ3) is 4.02. The van der Waals surface area contributed by atoms with Crippen LogP contribution in [0.5, 0.6) is 5.75 Å². The first kappa shape index (κ1) is 19.9. The Balaban J connectivity index is 2.12. The number of methoxy groups -OCH3 is 1. The van der Waals surface area contributed by atoms with E-state index in [0.29, 0.717) is 11.4 Å². The minimum Gasteiger partial charge on any atom is -0.497 e. The van der Waals surface area contributed by atoms with Crippen LogP contribution in [0.1, 0.15) is 24.1 Å². The van der Waals surface area contributed by atoms with E-state index in [0.717, 1.165) is 23.3 Å². The van der Waals surface area contributed by atoms with Crippen LogP contribution in [-0.2, 0) is 10.0 Å². The highest BCUT2D eigenvalue weighted by molar-refractivity contribution is 7.92. The fourth-order valence-corrected chi connectivity index (χ4v) is 4.71. The van der Waals surface area contributed by atoms with Crippen molar-refractivity contribution >= 4 is 15.7 Å². The zero-order valence-corrected chi connectivity index (χ0v) is 16.8. The third-order valence-corrected chi connectivity index (χ3v) is 6.49. The molecular formula is C22H22FNO3S. The van der Waals surface area contributed by atoms with Crippen LogP contribution in [0.25, 0.3) is 0 Å². The summed E-state index contributed by atoms with van der Waals surface area (Å²) < 4.78 is 46.8. The number of hydrogen-bond donors (Lipinski definition) is 0. The Morgan fingerprint density at radius 1 is 0.964 bits per heavy atom. The molecule has 0 aromatic heterocycles. The molecule has 6 heteroatoms. The van der Waals surface area contributed by atoms with Crippen LogP contribution in [0.2, 0.25) is 0 Å². The SMILES string of the molecule is COc1ccc(C(C)N(c2cccc(C)c2)S(=O)(=O)c2ccc(F)cc2)cc1. The lowest BCUT2D eigenvalue weighted by molar-refractivity contribution is 0.414. The quantitative estimate of drug-likeness (QED) is 0.579. The maximum absolute atomic E-state index is 13.5. The lowest BCUT2D eigenvalue weighted by Gasteiger charge is -2.31. The van der Waals surface area contributed by atoms with E-state index in [4.69, 9.17) is 4.74 Å². The summed E-state index contributed by atoms with van der Waals surface area (Å²) in [5.41, 5.74) is 2.30. The summed E-state index contributed by atoms with van der Waals surface area (Å²) >= 11 is 0. The van der Waals surface area contributed by atoms with Crippen molar-refractivity contribution in [3.63, 3.8) is 0 Å². The first-order chi connectivity index (χ1) is 13.3. The third-order valence-electron chi connectivity index (χ3n) is 4.58. The Morgan fingerprint density at radius 2 is 1.61 bits per heavy atom. The van der Waals surface area contributed by atoms with Gasteiger partial charge in [-0.25, -0.2) is 12.8 Å². The normalized spacial score (nSPS) is 12.4. The van der Waals surface area contributed by atoms with Gasteiger partial charge in [-0.2, -0.15) is 0 Å². The molecule has 0 N–H and O–H groups in total. The van der Waals surface area contributed by atoms with E-state index in [-0.39, 0.29) is 4.90 Å². The average molecular weight is 399 g/mol. The lowest BCUT2D eigenvalue weighted by Crippen LogP contribution is -2.33. The molecule has 0 aliphatic rings. The zero-order chi connectivity index (χ0) is 20.3. The van der Waals surface area contributed by atoms with Gasteiger partial charge in [0, 0.05) is 0 Å². The van der Waals surface area contributed by atoms with Gasteiger partial charge in [-0.3, -0.25) is 4.31 Å². The first-order valence-electron chi connectivity index (χ1n) is 8.83. The molecule has 28 heavy (non-hydrogen) atoms. The zero-order valence-electron chi connectivity index (χ0n) is 16.0. The fourth-order valence-electron chi connectivity index (χ4n) is 3.07. The molecule has 0 amide bonds. The highest BCUT2D eigenvalue weighted by atomic mass is 32.2. The second-order valence-corrected chi connectivity index (χ2v) is 8.36. The van der Waals surface area contributed by atoms with Crippen LogP contribution in [0.3, 0.4) is 0 Å². The number of ether oxygens (including phenoxy) is 1. The molecule has 3 rings (SSSR count). The monoisotopic (exact) mass is 399 g/mol. The predicted molar refractivity (Wildman–Crippen MR) is 109 cm³/mol. The standard InChI is InChI=1S/C22H22FNO3S/c1-16-5-4-6-20(15-16)24(17(2)18-7-11-21(27-3)12-8-18)28(25,26)22-13-9-19(23)10-14-22/h4-15,17H,1-3H3. The molecule has 3 aromatic rings. The van der Waals surface area contributed by atoms with Gasteiger partial charge in [0.2, 0.25) is 0 Å². The number of aryl methyl sites for hydroxylation is 1. The molecule has 0 heterocycles. The summed E-state index contributed by atoms with van der Waals surface area (Å²) in [5.74, 6) is 0.212. The minimum atomic E-state index is -3.92. The van der Waals surface area contributed by atoms with Gasteiger partial charge in [0.25, 0.3) is 10.0 Å². The van der Waals surface area contributed by atoms with E-state index in [1.54, 1.807) is 25.3 Å². The highest BCUT2D eigenvalue weighted by Gasteiger charge is 2.30. The van der Waals surface area contributed by atoms with Crippen LogP contribution < -0.4 is 9.04 Å². The van der Waals surface area contributed by atoms with Crippen molar-refractivity contribution in [2.24, 2.45) is 0 Å². The predicted octanol–water partition coefficient (Wildman–Crippen LogP) is 5.10. The maximum atomic E-state index is 13.5. The van der Waals surface area contributed by atoms with Gasteiger partial charge in [-0.05, 0) is 73.5 Å². The number of hydrogen-bond acceptors (Lipinski definition) is 3. The van der Waals surface area contributed by atoms with Crippen molar-refractivity contribution in [3.8, 4) is 5.75 Å². The first-order valence-corrected chi connectivity index (χ1v) is 10.3. The molecule has 0 saturated carbocycles. The molecule has 146 valence electrons. The molecule has 0 spiro atoms. The number of halogens is 1. The van der Waals surface area contributed by atoms with E-state index in [1.165, 1.54) is 16.4 Å². The molecule has 0 fully saturated rings. The number of nitrogens with zero attached hydrogens (tertiary/aromatic N) is 1. The van der Waals surface area contributed by atoms with Crippen molar-refractivity contribution in [3.05, 3.63) is 89.7 Å². The van der Waals surface area contributed by atoms with Crippen molar-refractivity contribution in [2.45, 2.75) is 24.8 Å². The number of benzene rings is 3. The molecule has 1 atom stereocenters. The number of anilines is 1. The lowest BCUT2D eigenvalue weighted by atomic mass is 10.1. The Labute approximate surface area is 165 Å². The van der Waals surface area contributed by atoms with Crippen molar-refractivity contribution in [1.82, 2.24) is 0 Å². The molecule has 0 aliphatic heterocycles. The van der Waals surface area contributed by atoms with Crippen molar-refractivity contribution < 1.29 is 17.5 Å². The Kier molecular flexibility index (Phi) is 5.70. The molecule has 4 nitrogen and oxygen atoms in total. The van der Waals surface area contributed by atoms with E-state index in [2.05, 4.69) is 0 Å².